The van der Waals surface area contributed by atoms with Crippen molar-refractivity contribution in [3.8, 4) is 0 Å². The van der Waals surface area contributed by atoms with Gasteiger partial charge in [0.1, 0.15) is 5.82 Å². The quantitative estimate of drug-likeness (QED) is 0.939. The summed E-state index contributed by atoms with van der Waals surface area (Å²) in [4.78, 5) is 4.52. The van der Waals surface area contributed by atoms with Gasteiger partial charge >= 0.3 is 0 Å². The first kappa shape index (κ1) is 14.4. The topological polar surface area (TPSA) is 29.9 Å². The Morgan fingerprint density at radius 2 is 2.10 bits per heavy atom. The van der Waals surface area contributed by atoms with Gasteiger partial charge in [0.25, 0.3) is 0 Å². The van der Waals surface area contributed by atoms with Gasteiger partial charge in [0.15, 0.2) is 11.6 Å². The minimum atomic E-state index is -0.832. The summed E-state index contributed by atoms with van der Waals surface area (Å²) in [5.74, 6) is 0.00456. The molecule has 21 heavy (non-hydrogen) atoms. The number of benzene rings is 1. The highest BCUT2D eigenvalue weighted by Crippen LogP contribution is 2.26. The molecule has 1 aliphatic rings. The Kier molecular flexibility index (Phi) is 3.93. The van der Waals surface area contributed by atoms with Crippen LogP contribution in [-0.2, 0) is 6.54 Å². The van der Waals surface area contributed by atoms with Gasteiger partial charge in [-0.3, -0.25) is 0 Å². The molecule has 0 amide bonds. The smallest absolute Gasteiger partial charge is 0.161 e. The summed E-state index contributed by atoms with van der Waals surface area (Å²) in [5.41, 5.74) is 1.24. The molecule has 1 aromatic heterocycles. The maximum absolute atomic E-state index is 13.6. The molecule has 5 heteroatoms. The van der Waals surface area contributed by atoms with E-state index in [0.29, 0.717) is 17.0 Å². The van der Waals surface area contributed by atoms with E-state index in [9.17, 15) is 8.78 Å². The Morgan fingerprint density at radius 1 is 1.33 bits per heavy atom. The molecule has 0 bridgehead atoms. The number of aromatic nitrogens is 2. The van der Waals surface area contributed by atoms with Gasteiger partial charge in [0, 0.05) is 24.6 Å². The third-order valence-electron chi connectivity index (χ3n) is 4.18. The van der Waals surface area contributed by atoms with E-state index in [1.165, 1.54) is 12.1 Å². The molecule has 0 spiro atoms. The van der Waals surface area contributed by atoms with Gasteiger partial charge in [-0.05, 0) is 31.8 Å². The second-order valence-electron chi connectivity index (χ2n) is 6.20. The summed E-state index contributed by atoms with van der Waals surface area (Å²) in [6, 6.07) is 2.48. The van der Waals surface area contributed by atoms with Crippen molar-refractivity contribution >= 4 is 11.0 Å². The summed E-state index contributed by atoms with van der Waals surface area (Å²) in [6.07, 6.45) is 2.32. The molecule has 1 fully saturated rings. The Labute approximate surface area is 123 Å². The predicted molar refractivity (Wildman–Crippen MR) is 79.3 cm³/mol. The molecule has 1 aliphatic heterocycles. The number of imidazole rings is 1. The van der Waals surface area contributed by atoms with Crippen molar-refractivity contribution in [2.45, 2.75) is 39.2 Å². The first-order valence-electron chi connectivity index (χ1n) is 7.62. The fourth-order valence-corrected chi connectivity index (χ4v) is 3.11. The van der Waals surface area contributed by atoms with E-state index in [1.807, 2.05) is 0 Å². The molecule has 0 saturated carbocycles. The maximum atomic E-state index is 13.6. The molecule has 1 aromatic carbocycles. The van der Waals surface area contributed by atoms with Crippen molar-refractivity contribution in [1.29, 1.82) is 0 Å². The molecule has 3 rings (SSSR count). The molecule has 0 radical (unpaired) electrons. The first-order chi connectivity index (χ1) is 10.1. The average Bonchev–Trinajstić information content (AvgIpc) is 2.79. The molecule has 3 nitrogen and oxygen atoms in total. The SMILES string of the molecule is CC(C)c1nc2cc(F)c(F)cc2n1CC1CCCNC1. The van der Waals surface area contributed by atoms with E-state index in [1.54, 1.807) is 0 Å². The highest BCUT2D eigenvalue weighted by molar-refractivity contribution is 5.76. The van der Waals surface area contributed by atoms with Crippen molar-refractivity contribution in [1.82, 2.24) is 14.9 Å². The number of rotatable bonds is 3. The Hall–Kier alpha value is -1.49. The standard InChI is InChI=1S/C16H21F2N3/c1-10(2)16-20-14-6-12(17)13(18)7-15(14)21(16)9-11-4-3-5-19-8-11/h6-7,10-11,19H,3-5,8-9H2,1-2H3. The average molecular weight is 293 g/mol. The number of hydrogen-bond acceptors (Lipinski definition) is 2. The van der Waals surface area contributed by atoms with E-state index in [4.69, 9.17) is 0 Å². The fourth-order valence-electron chi connectivity index (χ4n) is 3.11. The molecular weight excluding hydrogens is 272 g/mol. The number of nitrogens with zero attached hydrogens (tertiary/aromatic N) is 2. The van der Waals surface area contributed by atoms with Crippen molar-refractivity contribution in [3.63, 3.8) is 0 Å². The molecule has 1 N–H and O–H groups in total. The van der Waals surface area contributed by atoms with Gasteiger partial charge in [0.05, 0.1) is 11.0 Å². The molecule has 1 saturated heterocycles. The van der Waals surface area contributed by atoms with Gasteiger partial charge in [-0.1, -0.05) is 13.8 Å². The van der Waals surface area contributed by atoms with Gasteiger partial charge in [-0.25, -0.2) is 13.8 Å². The zero-order chi connectivity index (χ0) is 15.0. The largest absolute Gasteiger partial charge is 0.327 e. The Morgan fingerprint density at radius 3 is 2.76 bits per heavy atom. The first-order valence-corrected chi connectivity index (χ1v) is 7.62. The van der Waals surface area contributed by atoms with Gasteiger partial charge in [-0.2, -0.15) is 0 Å². The van der Waals surface area contributed by atoms with Crippen LogP contribution in [0.5, 0.6) is 0 Å². The van der Waals surface area contributed by atoms with E-state index in [2.05, 4.69) is 28.7 Å². The number of halogens is 2. The highest BCUT2D eigenvalue weighted by atomic mass is 19.2. The van der Waals surface area contributed by atoms with E-state index >= 15 is 0 Å². The van der Waals surface area contributed by atoms with E-state index in [-0.39, 0.29) is 5.92 Å². The van der Waals surface area contributed by atoms with Gasteiger partial charge in [0.2, 0.25) is 0 Å². The van der Waals surface area contributed by atoms with Crippen LogP contribution in [0.25, 0.3) is 11.0 Å². The third kappa shape index (κ3) is 2.79. The summed E-state index contributed by atoms with van der Waals surface area (Å²) in [5, 5.41) is 3.40. The van der Waals surface area contributed by atoms with Crippen LogP contribution in [0.2, 0.25) is 0 Å². The fraction of sp³-hybridized carbons (Fsp3) is 0.562. The summed E-state index contributed by atoms with van der Waals surface area (Å²) < 4.78 is 29.1. The lowest BCUT2D eigenvalue weighted by Gasteiger charge is -2.24. The summed E-state index contributed by atoms with van der Waals surface area (Å²) in [6.45, 7) is 6.97. The zero-order valence-electron chi connectivity index (χ0n) is 12.5. The number of piperidine rings is 1. The molecule has 2 heterocycles. The Balaban J connectivity index is 2.04. The Bertz CT molecular complexity index is 642. The second-order valence-corrected chi connectivity index (χ2v) is 6.20. The van der Waals surface area contributed by atoms with Crippen LogP contribution in [0.15, 0.2) is 12.1 Å². The van der Waals surface area contributed by atoms with E-state index in [0.717, 1.165) is 38.3 Å². The number of hydrogen-bond donors (Lipinski definition) is 1. The van der Waals surface area contributed by atoms with Crippen molar-refractivity contribution in [3.05, 3.63) is 29.6 Å². The molecule has 2 aromatic rings. The second kappa shape index (κ2) is 5.72. The minimum Gasteiger partial charge on any atom is -0.327 e. The van der Waals surface area contributed by atoms with Crippen LogP contribution in [0.3, 0.4) is 0 Å². The number of nitrogens with one attached hydrogen (secondary N) is 1. The van der Waals surface area contributed by atoms with Gasteiger partial charge in [-0.15, -0.1) is 0 Å². The summed E-state index contributed by atoms with van der Waals surface area (Å²) >= 11 is 0. The molecule has 0 aliphatic carbocycles. The molecule has 1 atom stereocenters. The van der Waals surface area contributed by atoms with Crippen LogP contribution in [0.1, 0.15) is 38.4 Å². The third-order valence-corrected chi connectivity index (χ3v) is 4.18. The van der Waals surface area contributed by atoms with E-state index < -0.39 is 11.6 Å². The van der Waals surface area contributed by atoms with Crippen LogP contribution >= 0.6 is 0 Å². The lowest BCUT2D eigenvalue weighted by molar-refractivity contribution is 0.335. The van der Waals surface area contributed by atoms with Crippen LogP contribution < -0.4 is 5.32 Å². The number of fused-ring (bicyclic) bond motifs is 1. The summed E-state index contributed by atoms with van der Waals surface area (Å²) in [7, 11) is 0. The van der Waals surface area contributed by atoms with Crippen LogP contribution in [0, 0.1) is 17.6 Å². The van der Waals surface area contributed by atoms with Crippen molar-refractivity contribution in [2.75, 3.05) is 13.1 Å². The van der Waals surface area contributed by atoms with Gasteiger partial charge < -0.3 is 9.88 Å². The van der Waals surface area contributed by atoms with Crippen LogP contribution in [-0.4, -0.2) is 22.6 Å². The molecule has 1 unspecified atom stereocenters. The van der Waals surface area contributed by atoms with Crippen molar-refractivity contribution < 1.29 is 8.78 Å². The lowest BCUT2D eigenvalue weighted by Crippen LogP contribution is -2.32. The lowest BCUT2D eigenvalue weighted by atomic mass is 9.99. The molecule has 114 valence electrons. The highest BCUT2D eigenvalue weighted by Gasteiger charge is 2.20. The minimum absolute atomic E-state index is 0.222. The van der Waals surface area contributed by atoms with Crippen LogP contribution in [0.4, 0.5) is 8.78 Å². The maximum Gasteiger partial charge on any atom is 0.161 e. The normalized spacial score (nSPS) is 19.6. The molecular formula is C16H21F2N3. The van der Waals surface area contributed by atoms with Crippen molar-refractivity contribution in [2.24, 2.45) is 5.92 Å². The predicted octanol–water partition coefficient (Wildman–Crippen LogP) is 3.44. The zero-order valence-corrected chi connectivity index (χ0v) is 12.5. The monoisotopic (exact) mass is 293 g/mol.